The van der Waals surface area contributed by atoms with Gasteiger partial charge in [0.15, 0.2) is 0 Å². The summed E-state index contributed by atoms with van der Waals surface area (Å²) in [5.74, 6) is 1.05. The molecular formula is C13H24N4. The second-order valence-electron chi connectivity index (χ2n) is 5.33. The molecule has 0 aromatic carbocycles. The number of nitrogens with one attached hydrogen (secondary N) is 1. The summed E-state index contributed by atoms with van der Waals surface area (Å²) in [7, 11) is 4.21. The van der Waals surface area contributed by atoms with Crippen LogP contribution < -0.4 is 5.32 Å². The average molecular weight is 236 g/mol. The van der Waals surface area contributed by atoms with Crippen LogP contribution in [-0.4, -0.2) is 41.1 Å². The summed E-state index contributed by atoms with van der Waals surface area (Å²) in [6.07, 6.45) is 7.43. The Balaban J connectivity index is 1.98. The van der Waals surface area contributed by atoms with E-state index in [4.69, 9.17) is 0 Å². The maximum atomic E-state index is 4.59. The number of hydrogen-bond donors (Lipinski definition) is 1. The highest BCUT2D eigenvalue weighted by atomic mass is 15.2. The van der Waals surface area contributed by atoms with E-state index >= 15 is 0 Å². The number of aromatic nitrogens is 2. The number of nitrogens with zero attached hydrogens (tertiary/aromatic N) is 3. The van der Waals surface area contributed by atoms with Gasteiger partial charge in [-0.3, -0.25) is 0 Å². The van der Waals surface area contributed by atoms with Crippen LogP contribution in [-0.2, 0) is 6.54 Å². The molecule has 1 aliphatic rings. The summed E-state index contributed by atoms with van der Waals surface area (Å²) >= 11 is 0. The molecule has 1 heterocycles. The van der Waals surface area contributed by atoms with Gasteiger partial charge in [-0.05, 0) is 33.9 Å². The van der Waals surface area contributed by atoms with Crippen LogP contribution in [0.25, 0.3) is 0 Å². The lowest BCUT2D eigenvalue weighted by atomic mass is 10.2. The van der Waals surface area contributed by atoms with E-state index < -0.39 is 0 Å². The van der Waals surface area contributed by atoms with Gasteiger partial charge in [0.1, 0.15) is 0 Å². The van der Waals surface area contributed by atoms with Crippen molar-refractivity contribution in [2.75, 3.05) is 26.0 Å². The van der Waals surface area contributed by atoms with Crippen molar-refractivity contribution in [3.8, 4) is 0 Å². The van der Waals surface area contributed by atoms with Crippen molar-refractivity contribution in [2.24, 2.45) is 0 Å². The number of hydrogen-bond acceptors (Lipinski definition) is 3. The van der Waals surface area contributed by atoms with Crippen LogP contribution in [0, 0.1) is 6.92 Å². The monoisotopic (exact) mass is 236 g/mol. The second-order valence-corrected chi connectivity index (χ2v) is 5.33. The van der Waals surface area contributed by atoms with Gasteiger partial charge in [0, 0.05) is 25.3 Å². The molecule has 4 nitrogen and oxygen atoms in total. The van der Waals surface area contributed by atoms with Crippen molar-refractivity contribution >= 4 is 5.95 Å². The number of aryl methyl sites for hydroxylation is 1. The summed E-state index contributed by atoms with van der Waals surface area (Å²) in [5, 5.41) is 3.59. The van der Waals surface area contributed by atoms with Gasteiger partial charge in [0.25, 0.3) is 0 Å². The van der Waals surface area contributed by atoms with Gasteiger partial charge in [-0.1, -0.05) is 12.8 Å². The molecular weight excluding hydrogens is 212 g/mol. The Hall–Kier alpha value is -1.03. The van der Waals surface area contributed by atoms with Gasteiger partial charge in [0.05, 0.1) is 5.69 Å². The lowest BCUT2D eigenvalue weighted by Crippen LogP contribution is -2.22. The lowest BCUT2D eigenvalue weighted by molar-refractivity contribution is 0.384. The first-order valence-corrected chi connectivity index (χ1v) is 6.60. The van der Waals surface area contributed by atoms with Gasteiger partial charge < -0.3 is 14.8 Å². The van der Waals surface area contributed by atoms with Gasteiger partial charge in [-0.15, -0.1) is 0 Å². The molecule has 17 heavy (non-hydrogen) atoms. The van der Waals surface area contributed by atoms with Gasteiger partial charge in [-0.25, -0.2) is 4.98 Å². The zero-order chi connectivity index (χ0) is 12.3. The van der Waals surface area contributed by atoms with Crippen LogP contribution in [0.15, 0.2) is 6.20 Å². The molecule has 4 heteroatoms. The molecule has 1 aliphatic carbocycles. The third kappa shape index (κ3) is 3.46. The molecule has 1 saturated carbocycles. The topological polar surface area (TPSA) is 33.1 Å². The van der Waals surface area contributed by atoms with Gasteiger partial charge in [0.2, 0.25) is 5.95 Å². The standard InChI is InChI=1S/C13H24N4/c1-11-10-17(9-8-16(2)3)13(14-11)15-12-6-4-5-7-12/h10,12H,4-9H2,1-3H3,(H,14,15). The summed E-state index contributed by atoms with van der Waals surface area (Å²) in [5.41, 5.74) is 1.10. The molecule has 2 rings (SSSR count). The molecule has 0 bridgehead atoms. The summed E-state index contributed by atoms with van der Waals surface area (Å²) < 4.78 is 2.24. The Morgan fingerprint density at radius 1 is 1.41 bits per heavy atom. The van der Waals surface area contributed by atoms with Crippen LogP contribution >= 0.6 is 0 Å². The molecule has 0 amide bonds. The van der Waals surface area contributed by atoms with Crippen molar-refractivity contribution in [2.45, 2.75) is 45.2 Å². The Bertz CT molecular complexity index is 350. The van der Waals surface area contributed by atoms with E-state index in [0.29, 0.717) is 6.04 Å². The fourth-order valence-corrected chi connectivity index (χ4v) is 2.39. The van der Waals surface area contributed by atoms with Crippen LogP contribution in [0.1, 0.15) is 31.4 Å². The lowest BCUT2D eigenvalue weighted by Gasteiger charge is -2.16. The highest BCUT2D eigenvalue weighted by Gasteiger charge is 2.17. The predicted octanol–water partition coefficient (Wildman–Crippen LogP) is 2.11. The van der Waals surface area contributed by atoms with E-state index in [2.05, 4.69) is 47.0 Å². The van der Waals surface area contributed by atoms with Crippen molar-refractivity contribution in [3.05, 3.63) is 11.9 Å². The number of likely N-dealkylation sites (N-methyl/N-ethyl adjacent to an activating group) is 1. The Kier molecular flexibility index (Phi) is 4.05. The highest BCUT2D eigenvalue weighted by Crippen LogP contribution is 2.22. The van der Waals surface area contributed by atoms with E-state index in [1.165, 1.54) is 25.7 Å². The first kappa shape index (κ1) is 12.4. The van der Waals surface area contributed by atoms with E-state index in [-0.39, 0.29) is 0 Å². The molecule has 96 valence electrons. The molecule has 1 aromatic rings. The van der Waals surface area contributed by atoms with Crippen LogP contribution in [0.5, 0.6) is 0 Å². The van der Waals surface area contributed by atoms with Crippen LogP contribution in [0.4, 0.5) is 5.95 Å². The summed E-state index contributed by atoms with van der Waals surface area (Å²) in [6.45, 7) is 4.12. The molecule has 0 aliphatic heterocycles. The van der Waals surface area contributed by atoms with E-state index in [1.54, 1.807) is 0 Å². The predicted molar refractivity (Wildman–Crippen MR) is 71.4 cm³/mol. The van der Waals surface area contributed by atoms with Crippen molar-refractivity contribution in [1.82, 2.24) is 14.5 Å². The van der Waals surface area contributed by atoms with Gasteiger partial charge in [-0.2, -0.15) is 0 Å². The van der Waals surface area contributed by atoms with Gasteiger partial charge >= 0.3 is 0 Å². The summed E-state index contributed by atoms with van der Waals surface area (Å²) in [4.78, 5) is 6.79. The minimum absolute atomic E-state index is 0.634. The summed E-state index contributed by atoms with van der Waals surface area (Å²) in [6, 6.07) is 0.634. The minimum atomic E-state index is 0.634. The normalized spacial score (nSPS) is 16.9. The number of rotatable bonds is 5. The Morgan fingerprint density at radius 3 is 2.76 bits per heavy atom. The van der Waals surface area contributed by atoms with Crippen molar-refractivity contribution < 1.29 is 0 Å². The molecule has 0 saturated heterocycles. The maximum Gasteiger partial charge on any atom is 0.203 e. The SMILES string of the molecule is Cc1cn(CCN(C)C)c(NC2CCCC2)n1. The molecule has 0 radical (unpaired) electrons. The first-order chi connectivity index (χ1) is 8.15. The number of imidazole rings is 1. The highest BCUT2D eigenvalue weighted by molar-refractivity contribution is 5.30. The minimum Gasteiger partial charge on any atom is -0.353 e. The van der Waals surface area contributed by atoms with E-state index in [0.717, 1.165) is 24.7 Å². The van der Waals surface area contributed by atoms with E-state index in [9.17, 15) is 0 Å². The molecule has 0 atom stereocenters. The molecule has 1 N–H and O–H groups in total. The largest absolute Gasteiger partial charge is 0.353 e. The molecule has 0 spiro atoms. The second kappa shape index (κ2) is 5.54. The van der Waals surface area contributed by atoms with Crippen molar-refractivity contribution in [3.63, 3.8) is 0 Å². The first-order valence-electron chi connectivity index (χ1n) is 6.60. The number of anilines is 1. The van der Waals surface area contributed by atoms with Crippen LogP contribution in [0.2, 0.25) is 0 Å². The Morgan fingerprint density at radius 2 is 2.12 bits per heavy atom. The maximum absolute atomic E-state index is 4.59. The van der Waals surface area contributed by atoms with E-state index in [1.807, 2.05) is 0 Å². The fraction of sp³-hybridized carbons (Fsp3) is 0.769. The average Bonchev–Trinajstić information content (AvgIpc) is 2.86. The zero-order valence-corrected chi connectivity index (χ0v) is 11.2. The molecule has 1 aromatic heterocycles. The smallest absolute Gasteiger partial charge is 0.203 e. The third-order valence-corrected chi connectivity index (χ3v) is 3.37. The molecule has 1 fully saturated rings. The van der Waals surface area contributed by atoms with Crippen molar-refractivity contribution in [1.29, 1.82) is 0 Å². The Labute approximate surface area is 104 Å². The zero-order valence-electron chi connectivity index (χ0n) is 11.2. The van der Waals surface area contributed by atoms with Crippen LogP contribution in [0.3, 0.4) is 0 Å². The quantitative estimate of drug-likeness (QED) is 0.850. The fourth-order valence-electron chi connectivity index (χ4n) is 2.39. The third-order valence-electron chi connectivity index (χ3n) is 3.37. The molecule has 0 unspecified atom stereocenters.